The van der Waals surface area contributed by atoms with E-state index in [1.165, 1.54) is 30.6 Å². The highest BCUT2D eigenvalue weighted by atomic mass is 35.5. The average Bonchev–Trinajstić information content (AvgIpc) is 3.09. The molecule has 0 aliphatic carbocycles. The molecule has 3 rings (SSSR count). The second-order valence-corrected chi connectivity index (χ2v) is 7.67. The third-order valence-corrected chi connectivity index (χ3v) is 5.66. The van der Waals surface area contributed by atoms with Gasteiger partial charge in [0.2, 0.25) is 11.0 Å². The molecule has 1 atom stereocenters. The van der Waals surface area contributed by atoms with E-state index in [0.29, 0.717) is 15.2 Å². The van der Waals surface area contributed by atoms with E-state index in [9.17, 15) is 4.79 Å². The molecule has 7 heteroatoms. The molecule has 25 heavy (non-hydrogen) atoms. The molecule has 0 saturated carbocycles. The van der Waals surface area contributed by atoms with Gasteiger partial charge in [0.25, 0.3) is 0 Å². The number of piperidine rings is 1. The van der Waals surface area contributed by atoms with Crippen molar-refractivity contribution in [3.63, 3.8) is 0 Å². The second-order valence-electron chi connectivity index (χ2n) is 6.28. The van der Waals surface area contributed by atoms with Gasteiger partial charge in [-0.05, 0) is 38.4 Å². The van der Waals surface area contributed by atoms with Gasteiger partial charge < -0.3 is 0 Å². The molecule has 1 aliphatic rings. The van der Waals surface area contributed by atoms with Crippen molar-refractivity contribution in [2.75, 3.05) is 18.4 Å². The minimum atomic E-state index is -0.0852. The van der Waals surface area contributed by atoms with Gasteiger partial charge in [0, 0.05) is 5.56 Å². The van der Waals surface area contributed by atoms with E-state index in [1.54, 1.807) is 0 Å². The summed E-state index contributed by atoms with van der Waals surface area (Å²) in [4.78, 5) is 15.1. The summed E-state index contributed by atoms with van der Waals surface area (Å²) in [5.74, 6) is 0.0191. The van der Waals surface area contributed by atoms with Gasteiger partial charge >= 0.3 is 0 Å². The number of halogens is 1. The van der Waals surface area contributed by atoms with E-state index >= 15 is 0 Å². The van der Waals surface area contributed by atoms with E-state index in [0.717, 1.165) is 31.5 Å². The number of nitrogens with zero attached hydrogens (tertiary/aromatic N) is 3. The highest BCUT2D eigenvalue weighted by molar-refractivity contribution is 7.18. The van der Waals surface area contributed by atoms with Gasteiger partial charge in [0.15, 0.2) is 5.01 Å². The first-order valence-corrected chi connectivity index (χ1v) is 10.0. The van der Waals surface area contributed by atoms with E-state index in [2.05, 4.69) is 27.3 Å². The van der Waals surface area contributed by atoms with Gasteiger partial charge in [0.05, 0.1) is 11.1 Å². The largest absolute Gasteiger partial charge is 0.299 e. The molecule has 0 bridgehead atoms. The van der Waals surface area contributed by atoms with Crippen molar-refractivity contribution in [2.24, 2.45) is 0 Å². The van der Waals surface area contributed by atoms with Crippen molar-refractivity contribution in [3.8, 4) is 10.6 Å². The van der Waals surface area contributed by atoms with Crippen LogP contribution in [0.4, 0.5) is 5.13 Å². The first-order valence-electron chi connectivity index (χ1n) is 8.82. The van der Waals surface area contributed by atoms with Crippen molar-refractivity contribution >= 4 is 34.0 Å². The molecule has 1 amide bonds. The molecular formula is C18H23ClN4OS. The van der Waals surface area contributed by atoms with E-state index in [1.807, 2.05) is 24.3 Å². The van der Waals surface area contributed by atoms with Gasteiger partial charge in [-0.2, -0.15) is 0 Å². The normalized spacial score (nSPS) is 16.6. The van der Waals surface area contributed by atoms with Gasteiger partial charge in [-0.3, -0.25) is 15.0 Å². The molecule has 134 valence electrons. The molecular weight excluding hydrogens is 356 g/mol. The number of carbonyl (C=O) groups excluding carboxylic acids is 1. The Labute approximate surface area is 157 Å². The minimum Gasteiger partial charge on any atom is -0.299 e. The lowest BCUT2D eigenvalue weighted by molar-refractivity contribution is -0.122. The van der Waals surface area contributed by atoms with Gasteiger partial charge in [-0.15, -0.1) is 10.2 Å². The average molecular weight is 379 g/mol. The predicted octanol–water partition coefficient (Wildman–Crippen LogP) is 4.45. The lowest BCUT2D eigenvalue weighted by atomic mass is 10.0. The zero-order valence-corrected chi connectivity index (χ0v) is 15.9. The van der Waals surface area contributed by atoms with Crippen LogP contribution >= 0.6 is 22.9 Å². The number of carbonyl (C=O) groups is 1. The van der Waals surface area contributed by atoms with Crippen LogP contribution in [0.1, 0.15) is 39.0 Å². The van der Waals surface area contributed by atoms with Crippen LogP contribution < -0.4 is 5.32 Å². The number of benzene rings is 1. The molecule has 1 aromatic heterocycles. The number of amides is 1. The summed E-state index contributed by atoms with van der Waals surface area (Å²) in [6, 6.07) is 7.43. The number of hydrogen-bond donors (Lipinski definition) is 1. The Hall–Kier alpha value is -1.50. The number of hydrogen-bond acceptors (Lipinski definition) is 5. The third kappa shape index (κ3) is 4.57. The van der Waals surface area contributed by atoms with Gasteiger partial charge in [-0.1, -0.05) is 60.9 Å². The standard InChI is InChI=1S/C18H23ClN4OS/c1-2-8-15(23-11-6-3-7-12-23)16(24)20-18-22-21-17(25-18)13-9-4-5-10-14(13)19/h4-5,9-10,15H,2-3,6-8,11-12H2,1H3,(H,20,22,24). The number of nitrogens with one attached hydrogen (secondary N) is 1. The van der Waals surface area contributed by atoms with Gasteiger partial charge in [-0.25, -0.2) is 0 Å². The van der Waals surface area contributed by atoms with Crippen LogP contribution in [-0.2, 0) is 4.79 Å². The quantitative estimate of drug-likeness (QED) is 0.806. The fraction of sp³-hybridized carbons (Fsp3) is 0.500. The Morgan fingerprint density at radius 2 is 2.04 bits per heavy atom. The Balaban J connectivity index is 1.70. The maximum atomic E-state index is 12.8. The number of rotatable bonds is 6. The summed E-state index contributed by atoms with van der Waals surface area (Å²) in [5, 5.41) is 13.1. The highest BCUT2D eigenvalue weighted by Crippen LogP contribution is 2.31. The summed E-state index contributed by atoms with van der Waals surface area (Å²) in [7, 11) is 0. The smallest absolute Gasteiger partial charge is 0.243 e. The maximum absolute atomic E-state index is 12.8. The first-order chi connectivity index (χ1) is 12.2. The van der Waals surface area contributed by atoms with Crippen molar-refractivity contribution in [2.45, 2.75) is 45.1 Å². The Kier molecular flexibility index (Phi) is 6.39. The lowest BCUT2D eigenvalue weighted by Crippen LogP contribution is -2.46. The lowest BCUT2D eigenvalue weighted by Gasteiger charge is -2.33. The zero-order valence-electron chi connectivity index (χ0n) is 14.4. The molecule has 2 aromatic rings. The monoisotopic (exact) mass is 378 g/mol. The van der Waals surface area contributed by atoms with E-state index in [4.69, 9.17) is 11.6 Å². The van der Waals surface area contributed by atoms with Crippen LogP contribution in [0.3, 0.4) is 0 Å². The highest BCUT2D eigenvalue weighted by Gasteiger charge is 2.27. The molecule has 1 N–H and O–H groups in total. The van der Waals surface area contributed by atoms with E-state index < -0.39 is 0 Å². The van der Waals surface area contributed by atoms with Crippen LogP contribution in [-0.4, -0.2) is 40.1 Å². The summed E-state index contributed by atoms with van der Waals surface area (Å²) in [5.41, 5.74) is 0.836. The summed E-state index contributed by atoms with van der Waals surface area (Å²) >= 11 is 7.57. The molecule has 1 aromatic carbocycles. The van der Waals surface area contributed by atoms with Crippen LogP contribution in [0.5, 0.6) is 0 Å². The second kappa shape index (κ2) is 8.74. The molecule has 1 saturated heterocycles. The number of aromatic nitrogens is 2. The molecule has 0 radical (unpaired) electrons. The van der Waals surface area contributed by atoms with Crippen LogP contribution in [0, 0.1) is 0 Å². The van der Waals surface area contributed by atoms with Crippen molar-refractivity contribution in [1.29, 1.82) is 0 Å². The molecule has 1 fully saturated rings. The fourth-order valence-electron chi connectivity index (χ4n) is 3.19. The van der Waals surface area contributed by atoms with Crippen LogP contribution in [0.2, 0.25) is 5.02 Å². The molecule has 1 aliphatic heterocycles. The molecule has 2 heterocycles. The summed E-state index contributed by atoms with van der Waals surface area (Å²) < 4.78 is 0. The first kappa shape index (κ1) is 18.3. The van der Waals surface area contributed by atoms with Gasteiger partial charge in [0.1, 0.15) is 0 Å². The molecule has 0 spiro atoms. The Morgan fingerprint density at radius 3 is 2.76 bits per heavy atom. The number of anilines is 1. The Bertz CT molecular complexity index is 715. The zero-order chi connectivity index (χ0) is 17.6. The molecule has 5 nitrogen and oxygen atoms in total. The molecule has 1 unspecified atom stereocenters. The maximum Gasteiger partial charge on any atom is 0.243 e. The fourth-order valence-corrected chi connectivity index (χ4v) is 4.26. The Morgan fingerprint density at radius 1 is 1.28 bits per heavy atom. The van der Waals surface area contributed by atoms with Crippen molar-refractivity contribution < 1.29 is 4.79 Å². The topological polar surface area (TPSA) is 58.1 Å². The summed E-state index contributed by atoms with van der Waals surface area (Å²) in [6.45, 7) is 4.11. The van der Waals surface area contributed by atoms with Crippen LogP contribution in [0.25, 0.3) is 10.6 Å². The van der Waals surface area contributed by atoms with Crippen molar-refractivity contribution in [3.05, 3.63) is 29.3 Å². The van der Waals surface area contributed by atoms with Crippen molar-refractivity contribution in [1.82, 2.24) is 15.1 Å². The van der Waals surface area contributed by atoms with E-state index in [-0.39, 0.29) is 11.9 Å². The van der Waals surface area contributed by atoms with Crippen LogP contribution in [0.15, 0.2) is 24.3 Å². The SMILES string of the molecule is CCCC(C(=O)Nc1nnc(-c2ccccc2Cl)s1)N1CCCCC1. The number of likely N-dealkylation sites (tertiary alicyclic amines) is 1. The minimum absolute atomic E-state index is 0.0191. The predicted molar refractivity (Wildman–Crippen MR) is 103 cm³/mol. The summed E-state index contributed by atoms with van der Waals surface area (Å²) in [6.07, 6.45) is 5.44. The third-order valence-electron chi connectivity index (χ3n) is 4.46.